The van der Waals surface area contributed by atoms with Crippen molar-refractivity contribution < 1.29 is 9.53 Å². The number of halogens is 1. The summed E-state index contributed by atoms with van der Waals surface area (Å²) in [6.45, 7) is 2.27. The van der Waals surface area contributed by atoms with Crippen molar-refractivity contribution in [3.8, 4) is 0 Å². The van der Waals surface area contributed by atoms with Crippen LogP contribution in [0.2, 0.25) is 0 Å². The minimum absolute atomic E-state index is 0.0243. The zero-order valence-electron chi connectivity index (χ0n) is 14.6. The number of carbonyl (C=O) groups is 1. The lowest BCUT2D eigenvalue weighted by molar-refractivity contribution is -0.146. The highest BCUT2D eigenvalue weighted by atomic mass is 127. The van der Waals surface area contributed by atoms with Gasteiger partial charge in [-0.05, 0) is 25.2 Å². The van der Waals surface area contributed by atoms with Gasteiger partial charge >= 0.3 is 5.97 Å². The van der Waals surface area contributed by atoms with Gasteiger partial charge in [0.1, 0.15) is 0 Å². The summed E-state index contributed by atoms with van der Waals surface area (Å²) in [6, 6.07) is 0. The van der Waals surface area contributed by atoms with Crippen LogP contribution in [0.1, 0.15) is 90.4 Å². The van der Waals surface area contributed by atoms with E-state index in [-0.39, 0.29) is 11.9 Å². The van der Waals surface area contributed by atoms with Gasteiger partial charge < -0.3 is 4.74 Å². The highest BCUT2D eigenvalue weighted by Crippen LogP contribution is 2.39. The first kappa shape index (κ1) is 20.2. The monoisotopic (exact) mass is 422 g/mol. The van der Waals surface area contributed by atoms with Crippen molar-refractivity contribution in [2.75, 3.05) is 7.11 Å². The summed E-state index contributed by atoms with van der Waals surface area (Å²) in [5.41, 5.74) is 0. The van der Waals surface area contributed by atoms with Crippen molar-refractivity contribution in [1.29, 1.82) is 0 Å². The van der Waals surface area contributed by atoms with Crippen LogP contribution in [0.3, 0.4) is 0 Å². The van der Waals surface area contributed by atoms with E-state index in [0.717, 1.165) is 6.42 Å². The molecule has 0 aromatic heterocycles. The smallest absolute Gasteiger partial charge is 0.308 e. The van der Waals surface area contributed by atoms with E-state index in [1.165, 1.54) is 84.2 Å². The molecule has 0 aliphatic heterocycles. The molecule has 0 N–H and O–H groups in total. The second kappa shape index (κ2) is 12.6. The molecule has 1 rings (SSSR count). The van der Waals surface area contributed by atoms with E-state index in [1.807, 2.05) is 0 Å². The molecule has 0 spiro atoms. The maximum atomic E-state index is 11.8. The molecule has 0 heterocycles. The quantitative estimate of drug-likeness (QED) is 0.160. The Morgan fingerprint density at radius 1 is 1.05 bits per heavy atom. The third-order valence-electron chi connectivity index (χ3n) is 5.12. The molecule has 0 radical (unpaired) electrons. The molecule has 22 heavy (non-hydrogen) atoms. The van der Waals surface area contributed by atoms with Crippen molar-refractivity contribution in [2.24, 2.45) is 11.8 Å². The maximum Gasteiger partial charge on any atom is 0.308 e. The van der Waals surface area contributed by atoms with E-state index in [4.69, 9.17) is 4.74 Å². The van der Waals surface area contributed by atoms with Gasteiger partial charge in [-0.25, -0.2) is 0 Å². The van der Waals surface area contributed by atoms with Gasteiger partial charge in [0.25, 0.3) is 0 Å². The summed E-state index contributed by atoms with van der Waals surface area (Å²) in [7, 11) is 1.53. The minimum Gasteiger partial charge on any atom is -0.469 e. The van der Waals surface area contributed by atoms with E-state index >= 15 is 0 Å². The van der Waals surface area contributed by atoms with Gasteiger partial charge in [0.2, 0.25) is 0 Å². The van der Waals surface area contributed by atoms with Crippen LogP contribution in [0.25, 0.3) is 0 Å². The fourth-order valence-corrected chi connectivity index (χ4v) is 5.03. The summed E-state index contributed by atoms with van der Waals surface area (Å²) in [4.78, 5) is 11.8. The van der Waals surface area contributed by atoms with Crippen LogP contribution in [0, 0.1) is 11.8 Å². The normalized spacial score (nSPS) is 22.7. The molecule has 3 atom stereocenters. The molecule has 0 bridgehead atoms. The average Bonchev–Trinajstić information content (AvgIpc) is 3.02. The Morgan fingerprint density at radius 3 is 2.23 bits per heavy atom. The summed E-state index contributed by atoms with van der Waals surface area (Å²) in [6.07, 6.45) is 17.2. The van der Waals surface area contributed by atoms with Crippen LogP contribution in [0.4, 0.5) is 0 Å². The van der Waals surface area contributed by atoms with E-state index in [0.29, 0.717) is 9.84 Å². The number of hydrogen-bond acceptors (Lipinski definition) is 2. The van der Waals surface area contributed by atoms with Crippen molar-refractivity contribution in [3.05, 3.63) is 0 Å². The Kier molecular flexibility index (Phi) is 11.6. The van der Waals surface area contributed by atoms with Crippen molar-refractivity contribution in [2.45, 2.75) is 94.3 Å². The first-order valence-corrected chi connectivity index (χ1v) is 10.7. The Labute approximate surface area is 151 Å². The first-order chi connectivity index (χ1) is 10.7. The second-order valence-electron chi connectivity index (χ2n) is 6.86. The lowest BCUT2D eigenvalue weighted by Crippen LogP contribution is -2.26. The third-order valence-corrected chi connectivity index (χ3v) is 6.67. The summed E-state index contributed by atoms with van der Waals surface area (Å²) in [5.74, 6) is 0.754. The van der Waals surface area contributed by atoms with Crippen molar-refractivity contribution >= 4 is 28.6 Å². The SMILES string of the molecule is CCCCCCCCCCCC(I)[C@H]1CCC[C@@H]1C(=O)OC. The number of rotatable bonds is 12. The topological polar surface area (TPSA) is 26.3 Å². The molecule has 130 valence electrons. The molecule has 1 aliphatic rings. The molecule has 2 nitrogen and oxygen atoms in total. The van der Waals surface area contributed by atoms with Crippen molar-refractivity contribution in [1.82, 2.24) is 0 Å². The number of esters is 1. The van der Waals surface area contributed by atoms with Gasteiger partial charge in [0, 0.05) is 3.92 Å². The van der Waals surface area contributed by atoms with Crippen LogP contribution in [0.15, 0.2) is 0 Å². The molecule has 0 aromatic carbocycles. The predicted molar refractivity (Wildman–Crippen MR) is 102 cm³/mol. The Bertz CT molecular complexity index is 293. The molecule has 0 amide bonds. The number of carbonyl (C=O) groups excluding carboxylic acids is 1. The van der Waals surface area contributed by atoms with Crippen LogP contribution < -0.4 is 0 Å². The third kappa shape index (κ3) is 7.65. The van der Waals surface area contributed by atoms with Gasteiger partial charge in [-0.1, -0.05) is 93.7 Å². The number of hydrogen-bond donors (Lipinski definition) is 0. The van der Waals surface area contributed by atoms with Gasteiger partial charge in [0.05, 0.1) is 13.0 Å². The Hall–Kier alpha value is 0.200. The molecular weight excluding hydrogens is 387 g/mol. The molecule has 1 aliphatic carbocycles. The molecule has 0 saturated heterocycles. The number of ether oxygens (including phenoxy) is 1. The molecule has 1 fully saturated rings. The average molecular weight is 422 g/mol. The maximum absolute atomic E-state index is 11.8. The Morgan fingerprint density at radius 2 is 1.64 bits per heavy atom. The lowest BCUT2D eigenvalue weighted by atomic mass is 9.90. The highest BCUT2D eigenvalue weighted by molar-refractivity contribution is 14.1. The molecule has 1 unspecified atom stereocenters. The van der Waals surface area contributed by atoms with Gasteiger partial charge in [-0.15, -0.1) is 0 Å². The minimum atomic E-state index is 0.0243. The van der Waals surface area contributed by atoms with Crippen LogP contribution >= 0.6 is 22.6 Å². The summed E-state index contributed by atoms with van der Waals surface area (Å²) < 4.78 is 5.62. The van der Waals surface area contributed by atoms with Crippen LogP contribution in [-0.2, 0) is 9.53 Å². The predicted octanol–water partition coefficient (Wildman–Crippen LogP) is 6.30. The summed E-state index contributed by atoms with van der Waals surface area (Å²) in [5, 5.41) is 0. The molecule has 0 aromatic rings. The fraction of sp³-hybridized carbons (Fsp3) is 0.947. The number of alkyl halides is 1. The highest BCUT2D eigenvalue weighted by Gasteiger charge is 2.37. The standard InChI is InChI=1S/C19H35IO2/c1-3-4-5-6-7-8-9-10-11-15-18(20)16-13-12-14-17(16)19(21)22-2/h16-18H,3-15H2,1-2H3/t16-,17-,18?/m0/s1. The first-order valence-electron chi connectivity index (χ1n) is 9.42. The van der Waals surface area contributed by atoms with E-state index in [2.05, 4.69) is 29.5 Å². The van der Waals surface area contributed by atoms with Crippen molar-refractivity contribution in [3.63, 3.8) is 0 Å². The molecular formula is C19H35IO2. The van der Waals surface area contributed by atoms with Crippen LogP contribution in [0.5, 0.6) is 0 Å². The zero-order valence-corrected chi connectivity index (χ0v) is 16.8. The fourth-order valence-electron chi connectivity index (χ4n) is 3.73. The van der Waals surface area contributed by atoms with E-state index in [1.54, 1.807) is 0 Å². The van der Waals surface area contributed by atoms with Gasteiger partial charge in [0.15, 0.2) is 0 Å². The second-order valence-corrected chi connectivity index (χ2v) is 8.46. The number of unbranched alkanes of at least 4 members (excludes halogenated alkanes) is 8. The summed E-state index contributed by atoms with van der Waals surface area (Å²) >= 11 is 2.58. The van der Waals surface area contributed by atoms with Gasteiger partial charge in [-0.2, -0.15) is 0 Å². The van der Waals surface area contributed by atoms with E-state index in [9.17, 15) is 4.79 Å². The lowest BCUT2D eigenvalue weighted by Gasteiger charge is -2.22. The van der Waals surface area contributed by atoms with E-state index < -0.39 is 0 Å². The number of methoxy groups -OCH3 is 1. The zero-order chi connectivity index (χ0) is 16.2. The van der Waals surface area contributed by atoms with Gasteiger partial charge in [-0.3, -0.25) is 4.79 Å². The molecule has 1 saturated carbocycles. The van der Waals surface area contributed by atoms with Crippen LogP contribution in [-0.4, -0.2) is 17.0 Å². The molecule has 3 heteroatoms. The Balaban J connectivity index is 2.05. The largest absolute Gasteiger partial charge is 0.469 e.